The van der Waals surface area contributed by atoms with Crippen molar-refractivity contribution in [2.75, 3.05) is 33.4 Å². The molecule has 2 N–H and O–H groups in total. The molecule has 50 heavy (non-hydrogen) atoms. The maximum absolute atomic E-state index is 14.1. The Bertz CT molecular complexity index is 1840. The van der Waals surface area contributed by atoms with Crippen molar-refractivity contribution < 1.29 is 41.8 Å². The lowest BCUT2D eigenvalue weighted by atomic mass is 10.0. The number of carbonyl (C=O) groups excluding carboxylic acids is 1. The van der Waals surface area contributed by atoms with Crippen LogP contribution in [0, 0.1) is 11.8 Å². The zero-order valence-corrected chi connectivity index (χ0v) is 29.0. The van der Waals surface area contributed by atoms with Gasteiger partial charge in [0.05, 0.1) is 43.3 Å². The Morgan fingerprint density at radius 2 is 1.80 bits per heavy atom. The van der Waals surface area contributed by atoms with Crippen molar-refractivity contribution in [2.24, 2.45) is 11.8 Å². The molecule has 3 heterocycles. The molecule has 13 nitrogen and oxygen atoms in total. The number of hydrogen-bond donors (Lipinski definition) is 2. The molecule has 5 atom stereocenters. The highest BCUT2D eigenvalue weighted by atomic mass is 32.2. The number of nitrogens with one attached hydrogen (secondary N) is 1. The number of ether oxygens (including phenoxy) is 4. The first-order valence-corrected chi connectivity index (χ1v) is 18.1. The van der Waals surface area contributed by atoms with E-state index in [1.807, 2.05) is 62.4 Å². The number of sulfonamides is 1. The van der Waals surface area contributed by atoms with Crippen molar-refractivity contribution >= 4 is 16.1 Å². The molecule has 0 saturated carbocycles. The Kier molecular flexibility index (Phi) is 11.1. The van der Waals surface area contributed by atoms with E-state index < -0.39 is 34.4 Å². The molecule has 2 saturated heterocycles. The van der Waals surface area contributed by atoms with Crippen molar-refractivity contribution in [3.05, 3.63) is 84.4 Å². The molecule has 0 bridgehead atoms. The Labute approximate surface area is 291 Å². The van der Waals surface area contributed by atoms with Crippen LogP contribution in [0.4, 0.5) is 4.79 Å². The van der Waals surface area contributed by atoms with Gasteiger partial charge in [0.2, 0.25) is 15.8 Å². The predicted molar refractivity (Wildman–Crippen MR) is 182 cm³/mol. The largest absolute Gasteiger partial charge is 0.497 e. The Morgan fingerprint density at radius 3 is 2.54 bits per heavy atom. The number of methoxy groups -OCH3 is 1. The highest BCUT2D eigenvalue weighted by molar-refractivity contribution is 7.89. The van der Waals surface area contributed by atoms with Crippen molar-refractivity contribution in [1.29, 1.82) is 0 Å². The van der Waals surface area contributed by atoms with Gasteiger partial charge < -0.3 is 33.9 Å². The van der Waals surface area contributed by atoms with Crippen LogP contribution in [0.3, 0.4) is 0 Å². The molecule has 4 aromatic rings. The van der Waals surface area contributed by atoms with Crippen molar-refractivity contribution in [1.82, 2.24) is 19.8 Å². The Hall–Kier alpha value is -4.34. The summed E-state index contributed by atoms with van der Waals surface area (Å²) < 4.78 is 56.9. The number of hydrogen-bond acceptors (Lipinski definition) is 11. The molecule has 3 aromatic carbocycles. The monoisotopic (exact) mass is 706 g/mol. The van der Waals surface area contributed by atoms with E-state index in [0.29, 0.717) is 35.2 Å². The maximum atomic E-state index is 14.1. The molecular weight excluding hydrogens is 664 g/mol. The molecule has 6 rings (SSSR count). The highest BCUT2D eigenvalue weighted by Gasteiger charge is 2.44. The zero-order valence-electron chi connectivity index (χ0n) is 28.2. The second kappa shape index (κ2) is 15.7. The average molecular weight is 707 g/mol. The summed E-state index contributed by atoms with van der Waals surface area (Å²) in [6, 6.07) is 21.9. The number of fused-ring (bicyclic) bond motifs is 1. The van der Waals surface area contributed by atoms with Gasteiger partial charge in [0, 0.05) is 24.2 Å². The van der Waals surface area contributed by atoms with Crippen LogP contribution in [0.25, 0.3) is 22.8 Å². The van der Waals surface area contributed by atoms with Gasteiger partial charge in [-0.2, -0.15) is 9.29 Å². The summed E-state index contributed by atoms with van der Waals surface area (Å²) in [5.41, 5.74) is 2.10. The molecule has 0 spiro atoms. The fraction of sp³-hybridized carbons (Fsp3) is 0.417. The van der Waals surface area contributed by atoms with Gasteiger partial charge in [-0.1, -0.05) is 55.4 Å². The van der Waals surface area contributed by atoms with Crippen molar-refractivity contribution in [3.8, 4) is 28.6 Å². The quantitative estimate of drug-likeness (QED) is 0.190. The molecule has 0 aliphatic carbocycles. The molecule has 2 fully saturated rings. The number of aliphatic hydroxyl groups excluding tert-OH is 1. The van der Waals surface area contributed by atoms with Crippen LogP contribution in [0.2, 0.25) is 0 Å². The van der Waals surface area contributed by atoms with Gasteiger partial charge >= 0.3 is 6.09 Å². The maximum Gasteiger partial charge on any atom is 0.407 e. The van der Waals surface area contributed by atoms with E-state index in [9.17, 15) is 18.3 Å². The first-order valence-electron chi connectivity index (χ1n) is 16.6. The SMILES string of the molecule is COc1cccc(-c2nc(-c3ccc(S(=O)(=O)N(CC(C)C)C[C@@H](O)[C@H](Cc4ccccc4)NC(=O)O[C@H]4CO[C@H]5OCC[C@H]54)cc3)no2)c1. The van der Waals surface area contributed by atoms with E-state index in [2.05, 4.69) is 15.5 Å². The van der Waals surface area contributed by atoms with Gasteiger partial charge in [0.15, 0.2) is 6.29 Å². The Balaban J connectivity index is 1.18. The predicted octanol–water partition coefficient (Wildman–Crippen LogP) is 4.52. The second-order valence-corrected chi connectivity index (χ2v) is 14.8. The van der Waals surface area contributed by atoms with Crippen molar-refractivity contribution in [3.63, 3.8) is 0 Å². The number of amides is 1. The summed E-state index contributed by atoms with van der Waals surface area (Å²) in [4.78, 5) is 17.6. The lowest BCUT2D eigenvalue weighted by Crippen LogP contribution is -2.51. The summed E-state index contributed by atoms with van der Waals surface area (Å²) in [6.07, 6.45) is -1.87. The summed E-state index contributed by atoms with van der Waals surface area (Å²) >= 11 is 0. The topological polar surface area (TPSA) is 163 Å². The Morgan fingerprint density at radius 1 is 1.02 bits per heavy atom. The number of benzene rings is 3. The first-order chi connectivity index (χ1) is 24.1. The van der Waals surface area contributed by atoms with Crippen LogP contribution in [0.1, 0.15) is 25.8 Å². The van der Waals surface area contributed by atoms with Gasteiger partial charge in [-0.25, -0.2) is 13.2 Å². The molecule has 0 unspecified atom stereocenters. The van der Waals surface area contributed by atoms with Crippen LogP contribution >= 0.6 is 0 Å². The summed E-state index contributed by atoms with van der Waals surface area (Å²) in [5, 5.41) is 18.5. The van der Waals surface area contributed by atoms with Crippen LogP contribution in [-0.4, -0.2) is 92.0 Å². The van der Waals surface area contributed by atoms with Crippen molar-refractivity contribution in [2.45, 2.75) is 56.1 Å². The third kappa shape index (κ3) is 8.33. The molecule has 1 aromatic heterocycles. The highest BCUT2D eigenvalue weighted by Crippen LogP contribution is 2.33. The fourth-order valence-corrected chi connectivity index (χ4v) is 7.80. The normalized spacial score (nSPS) is 20.1. The minimum absolute atomic E-state index is 0.0344. The first kappa shape index (κ1) is 35.5. The van der Waals surface area contributed by atoms with E-state index in [0.717, 1.165) is 12.0 Å². The van der Waals surface area contributed by atoms with E-state index >= 15 is 0 Å². The number of nitrogens with zero attached hydrogens (tertiary/aromatic N) is 3. The van der Waals surface area contributed by atoms with Gasteiger partial charge in [-0.05, 0) is 66.8 Å². The molecule has 1 amide bonds. The smallest absolute Gasteiger partial charge is 0.407 e. The van der Waals surface area contributed by atoms with Gasteiger partial charge in [-0.15, -0.1) is 0 Å². The summed E-state index contributed by atoms with van der Waals surface area (Å²) in [7, 11) is -2.51. The van der Waals surface area contributed by atoms with E-state index in [-0.39, 0.29) is 49.1 Å². The van der Waals surface area contributed by atoms with Crippen LogP contribution in [-0.2, 0) is 30.7 Å². The van der Waals surface area contributed by atoms with Gasteiger partial charge in [-0.3, -0.25) is 0 Å². The lowest BCUT2D eigenvalue weighted by molar-refractivity contribution is -0.0907. The van der Waals surface area contributed by atoms with Gasteiger partial charge in [0.1, 0.15) is 11.9 Å². The van der Waals surface area contributed by atoms with Crippen LogP contribution < -0.4 is 10.1 Å². The van der Waals surface area contributed by atoms with Crippen LogP contribution in [0.5, 0.6) is 5.75 Å². The third-order valence-electron chi connectivity index (χ3n) is 8.76. The summed E-state index contributed by atoms with van der Waals surface area (Å²) in [6.45, 7) is 4.44. The minimum Gasteiger partial charge on any atom is -0.497 e. The lowest BCUT2D eigenvalue weighted by Gasteiger charge is -2.31. The minimum atomic E-state index is -4.08. The third-order valence-corrected chi connectivity index (χ3v) is 10.6. The van der Waals surface area contributed by atoms with Gasteiger partial charge in [0.25, 0.3) is 5.89 Å². The molecule has 2 aliphatic heterocycles. The molecule has 2 aliphatic rings. The van der Waals surface area contributed by atoms with E-state index in [4.69, 9.17) is 23.5 Å². The standard InChI is InChI=1S/C36H42N4O9S/c1-23(2)20-40(50(43,44)28-14-12-25(13-15-28)33-38-34(49-39-33)26-10-7-11-27(19-26)45-3)21-31(41)30(18-24-8-5-4-6-9-24)37-36(42)48-32-22-47-35-29(32)16-17-46-35/h4-15,19,23,29-32,35,41H,16-18,20-22H2,1-3H3,(H,37,42)/t29-,30-,31+,32-,35+/m0/s1. The van der Waals surface area contributed by atoms with Crippen LogP contribution in [0.15, 0.2) is 88.3 Å². The number of aromatic nitrogens is 2. The molecule has 0 radical (unpaired) electrons. The molecule has 14 heteroatoms. The number of rotatable bonds is 14. The number of aliphatic hydroxyl groups is 1. The van der Waals surface area contributed by atoms with E-state index in [1.165, 1.54) is 16.4 Å². The molecular formula is C36H42N4O9S. The molecule has 266 valence electrons. The second-order valence-electron chi connectivity index (χ2n) is 12.9. The summed E-state index contributed by atoms with van der Waals surface area (Å²) in [5.74, 6) is 1.13. The fourth-order valence-electron chi connectivity index (χ4n) is 6.17. The average Bonchev–Trinajstić information content (AvgIpc) is 3.88. The number of carbonyl (C=O) groups is 1. The number of alkyl carbamates (subject to hydrolysis) is 1. The van der Waals surface area contributed by atoms with E-state index in [1.54, 1.807) is 25.3 Å². The zero-order chi connectivity index (χ0) is 35.3.